The number of hydrogen-bond donors (Lipinski definition) is 2. The molecular weight excluding hydrogens is 262 g/mol. The van der Waals surface area contributed by atoms with Gasteiger partial charge < -0.3 is 10.4 Å². The Morgan fingerprint density at radius 2 is 2.05 bits per heavy atom. The maximum absolute atomic E-state index is 11.8. The van der Waals surface area contributed by atoms with E-state index in [9.17, 15) is 9.59 Å². The molecule has 1 aromatic carbocycles. The van der Waals surface area contributed by atoms with Crippen LogP contribution >= 0.6 is 11.8 Å². The van der Waals surface area contributed by atoms with Gasteiger partial charge in [0.2, 0.25) is 5.91 Å². The van der Waals surface area contributed by atoms with Gasteiger partial charge in [0, 0.05) is 10.9 Å². The summed E-state index contributed by atoms with van der Waals surface area (Å²) in [4.78, 5) is 22.3. The van der Waals surface area contributed by atoms with Gasteiger partial charge >= 0.3 is 5.97 Å². The second-order valence-corrected chi connectivity index (χ2v) is 5.94. The predicted octanol–water partition coefficient (Wildman–Crippen LogP) is 2.84. The minimum absolute atomic E-state index is 0.0677. The highest BCUT2D eigenvalue weighted by atomic mass is 32.2. The largest absolute Gasteiger partial charge is 0.481 e. The smallest absolute Gasteiger partial charge is 0.304 e. The molecule has 0 radical (unpaired) electrons. The van der Waals surface area contributed by atoms with Gasteiger partial charge in [-0.05, 0) is 31.0 Å². The molecule has 1 amide bonds. The average molecular weight is 281 g/mol. The van der Waals surface area contributed by atoms with Gasteiger partial charge in [-0.2, -0.15) is 0 Å². The fourth-order valence-corrected chi connectivity index (χ4v) is 2.36. The van der Waals surface area contributed by atoms with E-state index in [0.717, 1.165) is 16.8 Å². The zero-order valence-corrected chi connectivity index (χ0v) is 12.2. The summed E-state index contributed by atoms with van der Waals surface area (Å²) < 4.78 is 0. The fraction of sp³-hybridized carbons (Fsp3) is 0.429. The quantitative estimate of drug-likeness (QED) is 0.841. The second-order valence-electron chi connectivity index (χ2n) is 4.52. The molecule has 4 nitrogen and oxygen atoms in total. The van der Waals surface area contributed by atoms with Crippen LogP contribution in [0.2, 0.25) is 0 Å². The normalized spacial score (nSPS) is 11.9. The van der Waals surface area contributed by atoms with Crippen molar-refractivity contribution in [3.8, 4) is 0 Å². The third-order valence-electron chi connectivity index (χ3n) is 2.84. The van der Waals surface area contributed by atoms with Crippen LogP contribution in [-0.4, -0.2) is 28.0 Å². The van der Waals surface area contributed by atoms with E-state index >= 15 is 0 Å². The number of amides is 1. The van der Waals surface area contributed by atoms with Gasteiger partial charge in [-0.3, -0.25) is 9.59 Å². The Labute approximate surface area is 117 Å². The molecule has 0 bridgehead atoms. The Hall–Kier alpha value is -1.49. The van der Waals surface area contributed by atoms with Crippen molar-refractivity contribution in [1.29, 1.82) is 0 Å². The average Bonchev–Trinajstić information content (AvgIpc) is 2.32. The molecule has 0 spiro atoms. The molecule has 1 aromatic rings. The van der Waals surface area contributed by atoms with Crippen LogP contribution in [0.3, 0.4) is 0 Å². The molecule has 0 fully saturated rings. The maximum atomic E-state index is 11.8. The van der Waals surface area contributed by atoms with E-state index in [2.05, 4.69) is 5.32 Å². The highest BCUT2D eigenvalue weighted by Gasteiger charge is 2.11. The SMILES string of the molecule is Cc1cccc(NC(=O)CSC(C)CC(=O)O)c1C. The number of thioether (sulfide) groups is 1. The number of carboxylic acid groups (broad SMARTS) is 1. The number of nitrogens with one attached hydrogen (secondary N) is 1. The van der Waals surface area contributed by atoms with Crippen molar-refractivity contribution in [2.24, 2.45) is 0 Å². The molecule has 104 valence electrons. The Kier molecular flexibility index (Phi) is 5.89. The molecule has 0 aliphatic heterocycles. The van der Waals surface area contributed by atoms with E-state index in [-0.39, 0.29) is 23.3 Å². The third-order valence-corrected chi connectivity index (χ3v) is 4.00. The molecule has 5 heteroatoms. The Bertz CT molecular complexity index is 474. The number of aliphatic carboxylic acids is 1. The molecule has 1 atom stereocenters. The van der Waals surface area contributed by atoms with Gasteiger partial charge in [0.1, 0.15) is 0 Å². The molecule has 0 saturated carbocycles. The van der Waals surface area contributed by atoms with Crippen LogP contribution in [-0.2, 0) is 9.59 Å². The lowest BCUT2D eigenvalue weighted by molar-refractivity contribution is -0.136. The molecular formula is C14H19NO3S. The minimum atomic E-state index is -0.838. The highest BCUT2D eigenvalue weighted by Crippen LogP contribution is 2.19. The number of hydrogen-bond acceptors (Lipinski definition) is 3. The van der Waals surface area contributed by atoms with Gasteiger partial charge in [-0.25, -0.2) is 0 Å². The van der Waals surface area contributed by atoms with E-state index in [4.69, 9.17) is 5.11 Å². The summed E-state index contributed by atoms with van der Waals surface area (Å²) in [5.41, 5.74) is 3.00. The van der Waals surface area contributed by atoms with Crippen molar-refractivity contribution in [3.05, 3.63) is 29.3 Å². The summed E-state index contributed by atoms with van der Waals surface area (Å²) in [5, 5.41) is 11.4. The first-order chi connectivity index (χ1) is 8.90. The van der Waals surface area contributed by atoms with Gasteiger partial charge in [-0.15, -0.1) is 11.8 Å². The van der Waals surface area contributed by atoms with Crippen LogP contribution in [0.15, 0.2) is 18.2 Å². The van der Waals surface area contributed by atoms with Crippen LogP contribution in [0.25, 0.3) is 0 Å². The number of aryl methyl sites for hydroxylation is 1. The van der Waals surface area contributed by atoms with Gasteiger partial charge in [0.05, 0.1) is 12.2 Å². The molecule has 0 heterocycles. The standard InChI is InChI=1S/C14H19NO3S/c1-9-5-4-6-12(11(9)3)15-13(16)8-19-10(2)7-14(17)18/h4-6,10H,7-8H2,1-3H3,(H,15,16)(H,17,18). The summed E-state index contributed by atoms with van der Waals surface area (Å²) in [5.74, 6) is -0.673. The van der Waals surface area contributed by atoms with E-state index in [1.54, 1.807) is 0 Å². The first-order valence-electron chi connectivity index (χ1n) is 6.09. The highest BCUT2D eigenvalue weighted by molar-refractivity contribution is 8.00. The Morgan fingerprint density at radius 1 is 1.37 bits per heavy atom. The minimum Gasteiger partial charge on any atom is -0.481 e. The van der Waals surface area contributed by atoms with Crippen LogP contribution < -0.4 is 5.32 Å². The number of carbonyl (C=O) groups is 2. The van der Waals surface area contributed by atoms with Gasteiger partial charge in [0.25, 0.3) is 0 Å². The number of carbonyl (C=O) groups excluding carboxylic acids is 1. The molecule has 0 aliphatic carbocycles. The first kappa shape index (κ1) is 15.6. The summed E-state index contributed by atoms with van der Waals surface area (Å²) in [6, 6.07) is 5.76. The van der Waals surface area contributed by atoms with E-state index in [1.165, 1.54) is 11.8 Å². The van der Waals surface area contributed by atoms with Crippen LogP contribution in [0.5, 0.6) is 0 Å². The third kappa shape index (κ3) is 5.34. The van der Waals surface area contributed by atoms with Crippen molar-refractivity contribution in [2.45, 2.75) is 32.4 Å². The number of carboxylic acids is 1. The fourth-order valence-electron chi connectivity index (χ4n) is 1.60. The van der Waals surface area contributed by atoms with Crippen molar-refractivity contribution in [1.82, 2.24) is 0 Å². The first-order valence-corrected chi connectivity index (χ1v) is 7.14. The van der Waals surface area contributed by atoms with Gasteiger partial charge in [-0.1, -0.05) is 19.1 Å². The summed E-state index contributed by atoms with van der Waals surface area (Å²) in [6.07, 6.45) is 0.0709. The lowest BCUT2D eigenvalue weighted by atomic mass is 10.1. The molecule has 19 heavy (non-hydrogen) atoms. The Morgan fingerprint density at radius 3 is 2.68 bits per heavy atom. The van der Waals surface area contributed by atoms with Crippen LogP contribution in [0, 0.1) is 13.8 Å². The number of benzene rings is 1. The number of anilines is 1. The zero-order chi connectivity index (χ0) is 14.4. The molecule has 1 unspecified atom stereocenters. The molecule has 0 saturated heterocycles. The summed E-state index contributed by atoms with van der Waals surface area (Å²) in [6.45, 7) is 5.77. The van der Waals surface area contributed by atoms with Crippen molar-refractivity contribution in [2.75, 3.05) is 11.1 Å². The number of rotatable bonds is 6. The maximum Gasteiger partial charge on any atom is 0.304 e. The van der Waals surface area contributed by atoms with E-state index in [0.29, 0.717) is 0 Å². The van der Waals surface area contributed by atoms with E-state index < -0.39 is 5.97 Å². The molecule has 0 aromatic heterocycles. The molecule has 1 rings (SSSR count). The van der Waals surface area contributed by atoms with Gasteiger partial charge in [0.15, 0.2) is 0 Å². The van der Waals surface area contributed by atoms with Crippen LogP contribution in [0.4, 0.5) is 5.69 Å². The van der Waals surface area contributed by atoms with Crippen molar-refractivity contribution < 1.29 is 14.7 Å². The summed E-state index contributed by atoms with van der Waals surface area (Å²) >= 11 is 1.35. The van der Waals surface area contributed by atoms with Crippen LogP contribution in [0.1, 0.15) is 24.5 Å². The monoisotopic (exact) mass is 281 g/mol. The molecule has 2 N–H and O–H groups in total. The predicted molar refractivity (Wildman–Crippen MR) is 78.7 cm³/mol. The lowest BCUT2D eigenvalue weighted by Gasteiger charge is -2.11. The van der Waals surface area contributed by atoms with Crippen molar-refractivity contribution >= 4 is 29.3 Å². The van der Waals surface area contributed by atoms with E-state index in [1.807, 2.05) is 39.0 Å². The summed E-state index contributed by atoms with van der Waals surface area (Å²) in [7, 11) is 0. The topological polar surface area (TPSA) is 66.4 Å². The van der Waals surface area contributed by atoms with Crippen molar-refractivity contribution in [3.63, 3.8) is 0 Å². The Balaban J connectivity index is 2.47. The molecule has 0 aliphatic rings. The lowest BCUT2D eigenvalue weighted by Crippen LogP contribution is -2.17. The zero-order valence-electron chi connectivity index (χ0n) is 11.4. The second kappa shape index (κ2) is 7.19.